The van der Waals surface area contributed by atoms with Crippen LogP contribution < -0.4 is 15.5 Å². The smallest absolute Gasteiger partial charge is 0.233 e. The van der Waals surface area contributed by atoms with E-state index in [1.165, 1.54) is 0 Å². The van der Waals surface area contributed by atoms with Crippen molar-refractivity contribution in [3.05, 3.63) is 66.0 Å². The first-order valence-corrected chi connectivity index (χ1v) is 10.8. The molecule has 3 aliphatic rings. The maximum absolute atomic E-state index is 12.1. The molecule has 1 atom stereocenters. The number of aliphatic imine (C=N–C) groups is 1. The van der Waals surface area contributed by atoms with Gasteiger partial charge in [-0.1, -0.05) is 12.1 Å². The highest BCUT2D eigenvalue weighted by molar-refractivity contribution is 7.97. The molecule has 5 rings (SSSR count). The van der Waals surface area contributed by atoms with Crippen LogP contribution in [-0.4, -0.2) is 38.8 Å². The molecule has 154 valence electrons. The number of benzene rings is 1. The highest BCUT2D eigenvalue weighted by Crippen LogP contribution is 2.26. The van der Waals surface area contributed by atoms with Crippen molar-refractivity contribution in [2.75, 3.05) is 11.9 Å². The summed E-state index contributed by atoms with van der Waals surface area (Å²) in [6.45, 7) is 2.69. The largest absolute Gasteiger partial charge is 0.353 e. The zero-order valence-corrected chi connectivity index (χ0v) is 17.5. The van der Waals surface area contributed by atoms with Gasteiger partial charge in [0.05, 0.1) is 18.8 Å². The summed E-state index contributed by atoms with van der Waals surface area (Å²) in [7, 11) is 0. The van der Waals surface area contributed by atoms with Crippen LogP contribution in [0, 0.1) is 6.92 Å². The highest BCUT2D eigenvalue weighted by Gasteiger charge is 2.32. The molecule has 1 unspecified atom stereocenters. The van der Waals surface area contributed by atoms with Gasteiger partial charge in [0.25, 0.3) is 0 Å². The molecule has 2 aromatic rings. The molecular formula is C21H24N7OS+. The summed E-state index contributed by atoms with van der Waals surface area (Å²) in [6, 6.07) is 10.5. The third-order valence-corrected chi connectivity index (χ3v) is 5.98. The summed E-state index contributed by atoms with van der Waals surface area (Å²) >= 11 is 1.64. The van der Waals surface area contributed by atoms with Gasteiger partial charge in [-0.2, -0.15) is 5.10 Å². The summed E-state index contributed by atoms with van der Waals surface area (Å²) in [5.41, 5.74) is 2.03. The molecule has 4 N–H and O–H groups in total. The van der Waals surface area contributed by atoms with E-state index in [9.17, 15) is 4.79 Å². The fourth-order valence-electron chi connectivity index (χ4n) is 3.46. The Morgan fingerprint density at radius 3 is 3.07 bits per heavy atom. The lowest BCUT2D eigenvalue weighted by Crippen LogP contribution is -3.10. The van der Waals surface area contributed by atoms with Crippen molar-refractivity contribution in [1.29, 1.82) is 0 Å². The summed E-state index contributed by atoms with van der Waals surface area (Å²) < 4.78 is 2.15. The molecule has 3 heterocycles. The first-order chi connectivity index (χ1) is 14.6. The van der Waals surface area contributed by atoms with Crippen molar-refractivity contribution in [2.24, 2.45) is 4.99 Å². The van der Waals surface area contributed by atoms with Crippen LogP contribution in [0.2, 0.25) is 0 Å². The summed E-state index contributed by atoms with van der Waals surface area (Å²) in [4.78, 5) is 18.8. The number of aromatic amines is 1. The van der Waals surface area contributed by atoms with E-state index >= 15 is 0 Å². The molecule has 30 heavy (non-hydrogen) atoms. The van der Waals surface area contributed by atoms with E-state index in [4.69, 9.17) is 0 Å². The van der Waals surface area contributed by atoms with Gasteiger partial charge < -0.3 is 5.32 Å². The summed E-state index contributed by atoms with van der Waals surface area (Å²) in [5.74, 6) is 2.87. The van der Waals surface area contributed by atoms with Gasteiger partial charge in [-0.05, 0) is 49.4 Å². The van der Waals surface area contributed by atoms with Crippen LogP contribution in [-0.2, 0) is 11.2 Å². The van der Waals surface area contributed by atoms with Gasteiger partial charge in [0.1, 0.15) is 12.7 Å². The molecule has 1 aromatic carbocycles. The maximum atomic E-state index is 12.1. The number of hydrogen-bond donors (Lipinski definition) is 4. The number of nitrogens with one attached hydrogen (secondary N) is 4. The number of carbonyl (C=O) groups excluding carboxylic acids is 1. The van der Waals surface area contributed by atoms with Gasteiger partial charge in [-0.15, -0.1) is 0 Å². The lowest BCUT2D eigenvalue weighted by molar-refractivity contribution is -0.699. The average molecular weight is 423 g/mol. The predicted molar refractivity (Wildman–Crippen MR) is 116 cm³/mol. The van der Waals surface area contributed by atoms with Crippen molar-refractivity contribution >= 4 is 29.5 Å². The molecule has 1 fully saturated rings. The number of carbonyl (C=O) groups is 1. The van der Waals surface area contributed by atoms with Crippen LogP contribution in [0.4, 0.5) is 5.82 Å². The molecule has 2 aliphatic heterocycles. The highest BCUT2D eigenvalue weighted by atomic mass is 32.2. The predicted octanol–water partition coefficient (Wildman–Crippen LogP) is 1.54. The van der Waals surface area contributed by atoms with E-state index < -0.39 is 0 Å². The minimum Gasteiger partial charge on any atom is -0.353 e. The lowest BCUT2D eigenvalue weighted by atomic mass is 10.1. The molecule has 1 aliphatic carbocycles. The lowest BCUT2D eigenvalue weighted by Gasteiger charge is -2.27. The van der Waals surface area contributed by atoms with E-state index in [-0.39, 0.29) is 5.91 Å². The van der Waals surface area contributed by atoms with Gasteiger partial charge >= 0.3 is 0 Å². The molecule has 1 aromatic heterocycles. The summed E-state index contributed by atoms with van der Waals surface area (Å²) in [5, 5.41) is 13.7. The van der Waals surface area contributed by atoms with Crippen molar-refractivity contribution < 1.29 is 9.69 Å². The van der Waals surface area contributed by atoms with Crippen molar-refractivity contribution in [1.82, 2.24) is 19.8 Å². The van der Waals surface area contributed by atoms with Crippen LogP contribution in [0.5, 0.6) is 0 Å². The molecule has 8 nitrogen and oxygen atoms in total. The Balaban J connectivity index is 1.30. The molecule has 1 saturated carbocycles. The second-order valence-electron chi connectivity index (χ2n) is 7.74. The quantitative estimate of drug-likeness (QED) is 0.509. The van der Waals surface area contributed by atoms with Crippen LogP contribution >= 0.6 is 11.9 Å². The van der Waals surface area contributed by atoms with E-state index in [1.807, 2.05) is 37.5 Å². The number of hydrogen-bond acceptors (Lipinski definition) is 6. The number of amidine groups is 1. The number of quaternary nitrogens is 1. The minimum atomic E-state index is 0.101. The maximum Gasteiger partial charge on any atom is 0.233 e. The van der Waals surface area contributed by atoms with Gasteiger partial charge in [0.2, 0.25) is 17.6 Å². The van der Waals surface area contributed by atoms with E-state index in [0.29, 0.717) is 19.0 Å². The molecule has 9 heteroatoms. The number of anilines is 1. The Hall–Kier alpha value is -3.04. The first kappa shape index (κ1) is 19.0. The fourth-order valence-corrected chi connectivity index (χ4v) is 4.42. The Kier molecular flexibility index (Phi) is 5.06. The zero-order chi connectivity index (χ0) is 20.5. The Bertz CT molecular complexity index is 1050. The van der Waals surface area contributed by atoms with Crippen LogP contribution in [0.25, 0.3) is 0 Å². The minimum absolute atomic E-state index is 0.101. The Morgan fingerprint density at radius 1 is 1.37 bits per heavy atom. The van der Waals surface area contributed by atoms with Crippen LogP contribution in [0.3, 0.4) is 0 Å². The number of rotatable bonds is 7. The Morgan fingerprint density at radius 2 is 2.27 bits per heavy atom. The second kappa shape index (κ2) is 8.00. The number of nitrogens with zero attached hydrogens (tertiary/aromatic N) is 3. The summed E-state index contributed by atoms with van der Waals surface area (Å²) in [6.07, 6.45) is 8.58. The number of amides is 1. The second-order valence-corrected chi connectivity index (χ2v) is 8.86. The number of fused-ring (bicyclic) bond motifs is 1. The van der Waals surface area contributed by atoms with Crippen molar-refractivity contribution in [3.63, 3.8) is 0 Å². The molecule has 0 spiro atoms. The van der Waals surface area contributed by atoms with E-state index in [1.54, 1.807) is 11.9 Å². The number of aromatic nitrogens is 2. The average Bonchev–Trinajstić information content (AvgIpc) is 3.21. The van der Waals surface area contributed by atoms with Crippen molar-refractivity contribution in [2.45, 2.75) is 37.1 Å². The zero-order valence-electron chi connectivity index (χ0n) is 16.7. The Labute approximate surface area is 179 Å². The van der Waals surface area contributed by atoms with E-state index in [2.05, 4.69) is 48.5 Å². The van der Waals surface area contributed by atoms with Crippen molar-refractivity contribution in [3.8, 4) is 0 Å². The third kappa shape index (κ3) is 4.42. The van der Waals surface area contributed by atoms with Crippen LogP contribution in [0.15, 0.2) is 64.6 Å². The third-order valence-electron chi connectivity index (χ3n) is 5.05. The molecular weight excluding hydrogens is 398 g/mol. The standard InChI is InChI=1S/C21H23N7OS/c1-14-9-18(26-25-14)24-20-13-27(12-19-22-7-8-28(19)20)30-17-4-2-3-15(10-17)11-21(29)23-16-5-6-16/h2-4,7-10,13,16H,5-6,11-12H2,1H3,(H,23,29)(H2,24,25,26)/p+1. The number of aryl methyl sites for hydroxylation is 1. The van der Waals surface area contributed by atoms with Gasteiger partial charge in [-0.3, -0.25) is 19.5 Å². The first-order valence-electron chi connectivity index (χ1n) is 10.1. The molecule has 1 amide bonds. The SMILES string of the molecule is Cc1cc(NC2=CN(Sc3cccc(CC(=O)NC4CC4)c3)CC3=NC=C[NH+]23)n[nH]1. The molecule has 0 radical (unpaired) electrons. The number of H-pyrrole nitrogens is 1. The molecule has 0 saturated heterocycles. The fraction of sp³-hybridized carbons (Fsp3) is 0.286. The topological polar surface area (TPSA) is 89.8 Å². The van der Waals surface area contributed by atoms with Gasteiger partial charge in [-0.25, -0.2) is 9.89 Å². The van der Waals surface area contributed by atoms with Gasteiger partial charge in [0, 0.05) is 22.7 Å². The van der Waals surface area contributed by atoms with Crippen LogP contribution in [0.1, 0.15) is 24.1 Å². The monoisotopic (exact) mass is 422 g/mol. The normalized spacial score (nSPS) is 19.9. The van der Waals surface area contributed by atoms with Gasteiger partial charge in [0.15, 0.2) is 5.82 Å². The van der Waals surface area contributed by atoms with E-state index in [0.717, 1.165) is 51.4 Å². The molecule has 0 bridgehead atoms.